The van der Waals surface area contributed by atoms with Crippen molar-refractivity contribution in [3.63, 3.8) is 0 Å². The quantitative estimate of drug-likeness (QED) is 0.912. The van der Waals surface area contributed by atoms with Crippen molar-refractivity contribution < 1.29 is 0 Å². The third-order valence-corrected chi connectivity index (χ3v) is 4.47. The zero-order valence-electron chi connectivity index (χ0n) is 10.9. The number of hydrogen-bond donors (Lipinski definition) is 1. The minimum absolute atomic E-state index is 0.315. The minimum atomic E-state index is 0.315. The van der Waals surface area contributed by atoms with E-state index < -0.39 is 0 Å². The van der Waals surface area contributed by atoms with E-state index in [9.17, 15) is 0 Å². The van der Waals surface area contributed by atoms with Gasteiger partial charge in [-0.3, -0.25) is 4.68 Å². The molecule has 98 valence electrons. The molecule has 0 aliphatic carbocycles. The number of nitrogens with one attached hydrogen (secondary N) is 1. The predicted molar refractivity (Wildman–Crippen MR) is 77.4 cm³/mol. The predicted octanol–water partition coefficient (Wildman–Crippen LogP) is 3.34. The van der Waals surface area contributed by atoms with E-state index in [-0.39, 0.29) is 0 Å². The van der Waals surface area contributed by atoms with Crippen molar-refractivity contribution in [1.82, 2.24) is 15.1 Å². The van der Waals surface area contributed by atoms with Crippen molar-refractivity contribution in [2.75, 3.05) is 6.54 Å². The second-order valence-electron chi connectivity index (χ2n) is 4.31. The van der Waals surface area contributed by atoms with Gasteiger partial charge < -0.3 is 5.32 Å². The fraction of sp³-hybridized carbons (Fsp3) is 0.462. The molecule has 2 aromatic rings. The van der Waals surface area contributed by atoms with E-state index in [1.54, 1.807) is 16.0 Å². The van der Waals surface area contributed by atoms with Crippen LogP contribution in [0.5, 0.6) is 0 Å². The summed E-state index contributed by atoms with van der Waals surface area (Å²) in [6, 6.07) is 4.56. The molecular weight excluding hydrogens is 266 g/mol. The van der Waals surface area contributed by atoms with Crippen LogP contribution in [0, 0.1) is 6.92 Å². The summed E-state index contributed by atoms with van der Waals surface area (Å²) in [4.78, 5) is 1.34. The Bertz CT molecular complexity index is 505. The lowest BCUT2D eigenvalue weighted by Gasteiger charge is -2.16. The second-order valence-corrected chi connectivity index (χ2v) is 5.65. The molecule has 0 aliphatic heterocycles. The van der Waals surface area contributed by atoms with Crippen LogP contribution < -0.4 is 5.32 Å². The van der Waals surface area contributed by atoms with Crippen LogP contribution in [0.2, 0.25) is 5.15 Å². The molecule has 5 heteroatoms. The molecule has 2 heterocycles. The monoisotopic (exact) mass is 283 g/mol. The summed E-state index contributed by atoms with van der Waals surface area (Å²) in [5, 5.41) is 10.7. The van der Waals surface area contributed by atoms with E-state index in [0.717, 1.165) is 29.4 Å². The summed E-state index contributed by atoms with van der Waals surface area (Å²) in [5.74, 6) is 0. The number of rotatable bonds is 5. The maximum atomic E-state index is 6.30. The number of nitrogens with zero attached hydrogens (tertiary/aromatic N) is 2. The SMILES string of the molecule is CCNC(Cc1c(C)nn(C)c1Cl)c1cccs1. The van der Waals surface area contributed by atoms with E-state index >= 15 is 0 Å². The Morgan fingerprint density at radius 1 is 1.56 bits per heavy atom. The van der Waals surface area contributed by atoms with E-state index in [2.05, 4.69) is 34.9 Å². The molecule has 2 rings (SSSR count). The van der Waals surface area contributed by atoms with Crippen LogP contribution in [0.1, 0.15) is 29.1 Å². The van der Waals surface area contributed by atoms with Crippen LogP contribution in [-0.4, -0.2) is 16.3 Å². The maximum absolute atomic E-state index is 6.30. The van der Waals surface area contributed by atoms with E-state index in [4.69, 9.17) is 11.6 Å². The molecule has 2 aromatic heterocycles. The number of thiophene rings is 1. The zero-order valence-corrected chi connectivity index (χ0v) is 12.5. The molecule has 0 saturated carbocycles. The van der Waals surface area contributed by atoms with E-state index in [1.165, 1.54) is 4.88 Å². The van der Waals surface area contributed by atoms with Gasteiger partial charge in [0.1, 0.15) is 5.15 Å². The Morgan fingerprint density at radius 3 is 2.83 bits per heavy atom. The normalized spacial score (nSPS) is 12.9. The van der Waals surface area contributed by atoms with Gasteiger partial charge in [-0.2, -0.15) is 5.10 Å². The topological polar surface area (TPSA) is 29.9 Å². The fourth-order valence-corrected chi connectivity index (χ4v) is 3.17. The Hall–Kier alpha value is -0.840. The zero-order chi connectivity index (χ0) is 13.1. The summed E-state index contributed by atoms with van der Waals surface area (Å²) in [7, 11) is 1.88. The van der Waals surface area contributed by atoms with Gasteiger partial charge in [0.05, 0.1) is 5.69 Å². The third-order valence-electron chi connectivity index (χ3n) is 3.02. The van der Waals surface area contributed by atoms with Gasteiger partial charge in [0, 0.05) is 23.5 Å². The lowest BCUT2D eigenvalue weighted by Crippen LogP contribution is -2.22. The highest BCUT2D eigenvalue weighted by molar-refractivity contribution is 7.10. The van der Waals surface area contributed by atoms with Gasteiger partial charge in [-0.05, 0) is 31.3 Å². The van der Waals surface area contributed by atoms with Gasteiger partial charge in [-0.25, -0.2) is 0 Å². The van der Waals surface area contributed by atoms with Gasteiger partial charge in [0.25, 0.3) is 0 Å². The Morgan fingerprint density at radius 2 is 2.33 bits per heavy atom. The van der Waals surface area contributed by atoms with Gasteiger partial charge >= 0.3 is 0 Å². The van der Waals surface area contributed by atoms with Crippen molar-refractivity contribution in [2.45, 2.75) is 26.3 Å². The summed E-state index contributed by atoms with van der Waals surface area (Å²) in [6.45, 7) is 5.08. The molecule has 1 unspecified atom stereocenters. The highest BCUT2D eigenvalue weighted by Gasteiger charge is 2.18. The van der Waals surface area contributed by atoms with Crippen LogP contribution in [0.15, 0.2) is 17.5 Å². The molecule has 1 N–H and O–H groups in total. The van der Waals surface area contributed by atoms with E-state index in [1.807, 2.05) is 14.0 Å². The molecule has 1 atom stereocenters. The van der Waals surface area contributed by atoms with Crippen molar-refractivity contribution in [3.8, 4) is 0 Å². The summed E-state index contributed by atoms with van der Waals surface area (Å²) in [5.41, 5.74) is 2.15. The standard InChI is InChI=1S/C13H18ClN3S/c1-4-15-11(12-6-5-7-18-12)8-10-9(2)16-17(3)13(10)14/h5-7,11,15H,4,8H2,1-3H3. The van der Waals surface area contributed by atoms with Crippen molar-refractivity contribution in [1.29, 1.82) is 0 Å². The summed E-state index contributed by atoms with van der Waals surface area (Å²) in [6.07, 6.45) is 0.882. The number of aromatic nitrogens is 2. The molecular formula is C13H18ClN3S. The van der Waals surface area contributed by atoms with Gasteiger partial charge in [-0.1, -0.05) is 24.6 Å². The third kappa shape index (κ3) is 2.76. The number of likely N-dealkylation sites (N-methyl/N-ethyl adjacent to an activating group) is 1. The molecule has 0 aromatic carbocycles. The summed E-state index contributed by atoms with van der Waals surface area (Å²) < 4.78 is 1.74. The average molecular weight is 284 g/mol. The largest absolute Gasteiger partial charge is 0.309 e. The first-order chi connectivity index (χ1) is 8.63. The molecule has 0 bridgehead atoms. The molecule has 3 nitrogen and oxygen atoms in total. The van der Waals surface area contributed by atoms with Gasteiger partial charge in [-0.15, -0.1) is 11.3 Å². The lowest BCUT2D eigenvalue weighted by molar-refractivity contribution is 0.557. The first-order valence-corrected chi connectivity index (χ1v) is 7.34. The number of hydrogen-bond acceptors (Lipinski definition) is 3. The maximum Gasteiger partial charge on any atom is 0.130 e. The molecule has 0 spiro atoms. The summed E-state index contributed by atoms with van der Waals surface area (Å²) >= 11 is 8.07. The molecule has 0 fully saturated rings. The van der Waals surface area contributed by atoms with Crippen LogP contribution in [0.3, 0.4) is 0 Å². The Balaban J connectivity index is 2.24. The Labute approximate surface area is 117 Å². The highest BCUT2D eigenvalue weighted by Crippen LogP contribution is 2.27. The van der Waals surface area contributed by atoms with Crippen LogP contribution in [-0.2, 0) is 13.5 Å². The highest BCUT2D eigenvalue weighted by atomic mass is 35.5. The average Bonchev–Trinajstić information content (AvgIpc) is 2.93. The van der Waals surface area contributed by atoms with Gasteiger partial charge in [0.2, 0.25) is 0 Å². The van der Waals surface area contributed by atoms with Crippen molar-refractivity contribution in [3.05, 3.63) is 38.8 Å². The molecule has 0 amide bonds. The van der Waals surface area contributed by atoms with Crippen molar-refractivity contribution >= 4 is 22.9 Å². The number of aryl methyl sites for hydroxylation is 2. The van der Waals surface area contributed by atoms with Crippen LogP contribution in [0.25, 0.3) is 0 Å². The first-order valence-electron chi connectivity index (χ1n) is 6.08. The van der Waals surface area contributed by atoms with Gasteiger partial charge in [0.15, 0.2) is 0 Å². The fourth-order valence-electron chi connectivity index (χ4n) is 2.12. The molecule has 0 aliphatic rings. The minimum Gasteiger partial charge on any atom is -0.309 e. The molecule has 0 saturated heterocycles. The molecule has 18 heavy (non-hydrogen) atoms. The number of halogens is 1. The lowest BCUT2D eigenvalue weighted by atomic mass is 10.1. The van der Waals surface area contributed by atoms with Crippen LogP contribution in [0.4, 0.5) is 0 Å². The smallest absolute Gasteiger partial charge is 0.130 e. The van der Waals surface area contributed by atoms with Crippen LogP contribution >= 0.6 is 22.9 Å². The molecule has 0 radical (unpaired) electrons. The van der Waals surface area contributed by atoms with E-state index in [0.29, 0.717) is 6.04 Å². The Kier molecular flexibility index (Phi) is 4.43. The first kappa shape index (κ1) is 13.6. The van der Waals surface area contributed by atoms with Crippen molar-refractivity contribution in [2.24, 2.45) is 7.05 Å². The second kappa shape index (κ2) is 5.87.